The minimum atomic E-state index is -0.185. The fraction of sp³-hybridized carbons (Fsp3) is 0.733. The number of hydrogen-bond donors (Lipinski definition) is 2. The molecule has 1 heterocycles. The lowest BCUT2D eigenvalue weighted by atomic mass is 10.0. The van der Waals surface area contributed by atoms with Crippen molar-refractivity contribution in [3.05, 3.63) is 15.6 Å². The van der Waals surface area contributed by atoms with Crippen LogP contribution in [0.4, 0.5) is 0 Å². The van der Waals surface area contributed by atoms with Gasteiger partial charge in [-0.05, 0) is 32.1 Å². The van der Waals surface area contributed by atoms with E-state index in [4.69, 9.17) is 15.5 Å². The van der Waals surface area contributed by atoms with E-state index in [9.17, 15) is 4.79 Å². The molecule has 0 aliphatic heterocycles. The Morgan fingerprint density at radius 3 is 2.91 bits per heavy atom. The van der Waals surface area contributed by atoms with Gasteiger partial charge in [-0.15, -0.1) is 23.7 Å². The Labute approximate surface area is 142 Å². The van der Waals surface area contributed by atoms with Gasteiger partial charge in [0.25, 0.3) is 0 Å². The largest absolute Gasteiger partial charge is 0.380 e. The monoisotopic (exact) mass is 347 g/mol. The zero-order valence-corrected chi connectivity index (χ0v) is 14.7. The highest BCUT2D eigenvalue weighted by atomic mass is 35.5. The van der Waals surface area contributed by atoms with E-state index < -0.39 is 0 Å². The van der Waals surface area contributed by atoms with Gasteiger partial charge in [-0.25, -0.2) is 4.98 Å². The second kappa shape index (κ2) is 10.2. The Kier molecular flexibility index (Phi) is 8.93. The van der Waals surface area contributed by atoms with Gasteiger partial charge in [0.15, 0.2) is 0 Å². The molecule has 5 nitrogen and oxygen atoms in total. The second-order valence-corrected chi connectivity index (χ2v) is 6.60. The summed E-state index contributed by atoms with van der Waals surface area (Å²) in [5.41, 5.74) is 6.81. The standard InChI is InChI=1S/C15H25N3O2S.ClH/c1-20-11(10-16)9-14(19)17-8-4-7-15-18-12-5-2-3-6-13(12)21-15;/h11H,2-10,16H2,1H3,(H,17,19);1H. The number of hydrogen-bond acceptors (Lipinski definition) is 5. The number of aromatic nitrogens is 1. The van der Waals surface area contributed by atoms with Gasteiger partial charge in [-0.2, -0.15) is 0 Å². The molecule has 7 heteroatoms. The molecule has 1 aromatic heterocycles. The normalized spacial score (nSPS) is 14.8. The average molecular weight is 348 g/mol. The third kappa shape index (κ3) is 5.83. The van der Waals surface area contributed by atoms with Crippen molar-refractivity contribution in [3.8, 4) is 0 Å². The van der Waals surface area contributed by atoms with Crippen LogP contribution in [0.25, 0.3) is 0 Å². The lowest BCUT2D eigenvalue weighted by molar-refractivity contribution is -0.123. The highest BCUT2D eigenvalue weighted by molar-refractivity contribution is 7.11. The summed E-state index contributed by atoms with van der Waals surface area (Å²) in [6, 6.07) is 0. The lowest BCUT2D eigenvalue weighted by Crippen LogP contribution is -2.32. The van der Waals surface area contributed by atoms with Crippen LogP contribution in [0.3, 0.4) is 0 Å². The molecule has 3 N–H and O–H groups in total. The van der Waals surface area contributed by atoms with E-state index in [1.54, 1.807) is 7.11 Å². The minimum absolute atomic E-state index is 0. The Morgan fingerprint density at radius 1 is 1.45 bits per heavy atom. The van der Waals surface area contributed by atoms with E-state index in [2.05, 4.69) is 5.32 Å². The minimum Gasteiger partial charge on any atom is -0.380 e. The molecule has 2 rings (SSSR count). The van der Waals surface area contributed by atoms with Crippen LogP contribution in [0.5, 0.6) is 0 Å². The molecular weight excluding hydrogens is 322 g/mol. The maximum Gasteiger partial charge on any atom is 0.222 e. The van der Waals surface area contributed by atoms with Crippen LogP contribution in [0.1, 0.15) is 41.3 Å². The zero-order chi connectivity index (χ0) is 15.1. The predicted octanol–water partition coefficient (Wildman–Crippen LogP) is 1.86. The maximum atomic E-state index is 11.7. The Balaban J connectivity index is 0.00000242. The molecule has 1 aliphatic rings. The molecule has 0 saturated carbocycles. The van der Waals surface area contributed by atoms with Gasteiger partial charge in [0, 0.05) is 31.5 Å². The van der Waals surface area contributed by atoms with Crippen molar-refractivity contribution in [2.45, 2.75) is 51.0 Å². The Hall–Kier alpha value is -0.690. The van der Waals surface area contributed by atoms with E-state index >= 15 is 0 Å². The van der Waals surface area contributed by atoms with Crippen LogP contribution >= 0.6 is 23.7 Å². The van der Waals surface area contributed by atoms with E-state index in [1.807, 2.05) is 11.3 Å². The molecule has 0 saturated heterocycles. The number of rotatable bonds is 8. The van der Waals surface area contributed by atoms with Crippen LogP contribution in [0.15, 0.2) is 0 Å². The highest BCUT2D eigenvalue weighted by Gasteiger charge is 2.15. The van der Waals surface area contributed by atoms with Crippen LogP contribution in [0, 0.1) is 0 Å². The number of halogens is 1. The number of nitrogens with one attached hydrogen (secondary N) is 1. The van der Waals surface area contributed by atoms with Crippen molar-refractivity contribution in [1.82, 2.24) is 10.3 Å². The van der Waals surface area contributed by atoms with Gasteiger partial charge >= 0.3 is 0 Å². The summed E-state index contributed by atoms with van der Waals surface area (Å²) in [7, 11) is 1.58. The quantitative estimate of drug-likeness (QED) is 0.704. The molecule has 1 aliphatic carbocycles. The number of carbonyl (C=O) groups excluding carboxylic acids is 1. The van der Waals surface area contributed by atoms with Crippen LogP contribution < -0.4 is 11.1 Å². The first-order chi connectivity index (χ1) is 10.2. The predicted molar refractivity (Wildman–Crippen MR) is 91.8 cm³/mol. The summed E-state index contributed by atoms with van der Waals surface area (Å²) in [5.74, 6) is 0.00531. The molecule has 1 atom stereocenters. The molecule has 1 unspecified atom stereocenters. The number of nitrogens with two attached hydrogens (primary N) is 1. The molecule has 0 spiro atoms. The molecule has 0 aromatic carbocycles. The number of fused-ring (bicyclic) bond motifs is 1. The van der Waals surface area contributed by atoms with Crippen LogP contribution in [0.2, 0.25) is 0 Å². The summed E-state index contributed by atoms with van der Waals surface area (Å²) < 4.78 is 5.10. The summed E-state index contributed by atoms with van der Waals surface area (Å²) in [4.78, 5) is 17.9. The molecule has 0 radical (unpaired) electrons. The molecule has 126 valence electrons. The van der Waals surface area contributed by atoms with Gasteiger partial charge in [0.05, 0.1) is 23.2 Å². The smallest absolute Gasteiger partial charge is 0.222 e. The average Bonchev–Trinajstić information content (AvgIpc) is 2.92. The lowest BCUT2D eigenvalue weighted by Gasteiger charge is -2.12. The number of thiazole rings is 1. The van der Waals surface area contributed by atoms with Crippen LogP contribution in [-0.2, 0) is 28.8 Å². The van der Waals surface area contributed by atoms with Crippen molar-refractivity contribution in [2.75, 3.05) is 20.2 Å². The third-order valence-corrected chi connectivity index (χ3v) is 5.01. The van der Waals surface area contributed by atoms with Gasteiger partial charge in [-0.3, -0.25) is 4.79 Å². The second-order valence-electron chi connectivity index (χ2n) is 5.44. The first-order valence-electron chi connectivity index (χ1n) is 7.70. The van der Waals surface area contributed by atoms with E-state index in [1.165, 1.54) is 34.8 Å². The van der Waals surface area contributed by atoms with Crippen molar-refractivity contribution < 1.29 is 9.53 Å². The summed E-state index contributed by atoms with van der Waals surface area (Å²) in [5, 5.41) is 4.13. The summed E-state index contributed by atoms with van der Waals surface area (Å²) in [6.07, 6.45) is 6.93. The molecular formula is C15H26ClN3O2S. The van der Waals surface area contributed by atoms with E-state index in [-0.39, 0.29) is 24.4 Å². The van der Waals surface area contributed by atoms with Crippen LogP contribution in [-0.4, -0.2) is 37.2 Å². The number of nitrogens with zero attached hydrogens (tertiary/aromatic N) is 1. The summed E-state index contributed by atoms with van der Waals surface area (Å²) >= 11 is 1.85. The molecule has 1 amide bonds. The topological polar surface area (TPSA) is 77.2 Å². The SMILES string of the molecule is COC(CN)CC(=O)NCCCc1nc2c(s1)CCCC2.Cl. The third-order valence-electron chi connectivity index (χ3n) is 3.79. The number of ether oxygens (including phenoxy) is 1. The molecule has 22 heavy (non-hydrogen) atoms. The number of amides is 1. The number of methoxy groups -OCH3 is 1. The van der Waals surface area contributed by atoms with E-state index in [0.717, 1.165) is 19.3 Å². The number of carbonyl (C=O) groups is 1. The first kappa shape index (κ1) is 19.4. The van der Waals surface area contributed by atoms with Gasteiger partial charge < -0.3 is 15.8 Å². The first-order valence-corrected chi connectivity index (χ1v) is 8.51. The number of aryl methyl sites for hydroxylation is 3. The zero-order valence-electron chi connectivity index (χ0n) is 13.1. The summed E-state index contributed by atoms with van der Waals surface area (Å²) in [6.45, 7) is 1.05. The van der Waals surface area contributed by atoms with Crippen molar-refractivity contribution >= 4 is 29.7 Å². The Bertz CT molecular complexity index is 440. The van der Waals surface area contributed by atoms with Crippen molar-refractivity contribution in [3.63, 3.8) is 0 Å². The van der Waals surface area contributed by atoms with Gasteiger partial charge in [-0.1, -0.05) is 0 Å². The highest BCUT2D eigenvalue weighted by Crippen LogP contribution is 2.27. The van der Waals surface area contributed by atoms with E-state index in [0.29, 0.717) is 19.5 Å². The van der Waals surface area contributed by atoms with Crippen molar-refractivity contribution in [1.29, 1.82) is 0 Å². The van der Waals surface area contributed by atoms with Gasteiger partial charge in [0.2, 0.25) is 5.91 Å². The fourth-order valence-electron chi connectivity index (χ4n) is 2.52. The molecule has 0 fully saturated rings. The molecule has 1 aromatic rings. The van der Waals surface area contributed by atoms with Crippen molar-refractivity contribution in [2.24, 2.45) is 5.73 Å². The molecule has 0 bridgehead atoms. The maximum absolute atomic E-state index is 11.7. The Morgan fingerprint density at radius 2 is 2.23 bits per heavy atom. The van der Waals surface area contributed by atoms with Gasteiger partial charge in [0.1, 0.15) is 0 Å². The fourth-order valence-corrected chi connectivity index (χ4v) is 3.72.